The van der Waals surface area contributed by atoms with Gasteiger partial charge in [-0.3, -0.25) is 0 Å². The van der Waals surface area contributed by atoms with E-state index in [1.165, 1.54) is 0 Å². The molecule has 30 heavy (non-hydrogen) atoms. The Morgan fingerprint density at radius 1 is 0.433 bits per heavy atom. The molecule has 4 nitrogen and oxygen atoms in total. The number of pyridine rings is 1. The Bertz CT molecular complexity index is 960. The zero-order valence-corrected chi connectivity index (χ0v) is 17.3. The third-order valence-corrected chi connectivity index (χ3v) is 5.09. The molecule has 0 aliphatic rings. The lowest BCUT2D eigenvalue weighted by Crippen LogP contribution is -2.11. The molecule has 0 aliphatic carbocycles. The lowest BCUT2D eigenvalue weighted by atomic mass is 10.00. The van der Waals surface area contributed by atoms with Gasteiger partial charge in [0.05, 0.1) is 21.3 Å². The second-order valence-electron chi connectivity index (χ2n) is 6.88. The molecule has 0 atom stereocenters. The molecule has 4 heteroatoms. The molecular weight excluding hydrogens is 374 g/mol. The molecule has 0 amide bonds. The van der Waals surface area contributed by atoms with Crippen molar-refractivity contribution in [3.05, 3.63) is 84.9 Å². The molecule has 0 bridgehead atoms. The zero-order chi connectivity index (χ0) is 20.9. The van der Waals surface area contributed by atoms with Crippen LogP contribution in [-0.4, -0.2) is 21.3 Å². The number of benzene rings is 3. The van der Waals surface area contributed by atoms with Crippen molar-refractivity contribution in [2.45, 2.75) is 0 Å². The zero-order valence-electron chi connectivity index (χ0n) is 17.3. The molecule has 150 valence electrons. The van der Waals surface area contributed by atoms with E-state index in [4.69, 9.17) is 14.2 Å². The average molecular weight is 398 g/mol. The van der Waals surface area contributed by atoms with E-state index in [0.29, 0.717) is 0 Å². The van der Waals surface area contributed by atoms with Crippen molar-refractivity contribution in [1.29, 1.82) is 0 Å². The van der Waals surface area contributed by atoms with Gasteiger partial charge in [0.2, 0.25) is 11.4 Å². The van der Waals surface area contributed by atoms with E-state index in [2.05, 4.69) is 53.5 Å². The summed E-state index contributed by atoms with van der Waals surface area (Å²) in [6, 6.07) is 28.5. The fraction of sp³-hybridized carbons (Fsp3) is 0.115. The van der Waals surface area contributed by atoms with E-state index in [0.717, 1.165) is 50.9 Å². The monoisotopic (exact) mass is 398 g/mol. The number of nitrogens with one attached hydrogen (secondary N) is 1. The van der Waals surface area contributed by atoms with Crippen molar-refractivity contribution in [3.8, 4) is 50.9 Å². The first-order valence-electron chi connectivity index (χ1n) is 9.71. The van der Waals surface area contributed by atoms with Gasteiger partial charge in [-0.25, -0.2) is 4.98 Å². The minimum atomic E-state index is 0.834. The van der Waals surface area contributed by atoms with Gasteiger partial charge in [0, 0.05) is 23.3 Å². The first kappa shape index (κ1) is 19.5. The third-order valence-electron chi connectivity index (χ3n) is 5.09. The van der Waals surface area contributed by atoms with Crippen molar-refractivity contribution in [2.75, 3.05) is 21.3 Å². The number of aromatic nitrogens is 1. The quantitative estimate of drug-likeness (QED) is 0.429. The normalized spacial score (nSPS) is 10.5. The highest BCUT2D eigenvalue weighted by atomic mass is 16.5. The number of aromatic amines is 1. The molecule has 0 fully saturated rings. The summed E-state index contributed by atoms with van der Waals surface area (Å²) in [6.07, 6.45) is 0. The van der Waals surface area contributed by atoms with Gasteiger partial charge in [-0.1, -0.05) is 12.1 Å². The first-order valence-corrected chi connectivity index (χ1v) is 9.71. The fourth-order valence-corrected chi connectivity index (χ4v) is 3.37. The van der Waals surface area contributed by atoms with Gasteiger partial charge in [0.25, 0.3) is 0 Å². The largest absolute Gasteiger partial charge is 0.497 e. The van der Waals surface area contributed by atoms with Gasteiger partial charge in [0.1, 0.15) is 17.2 Å². The minimum Gasteiger partial charge on any atom is -0.497 e. The number of rotatable bonds is 6. The van der Waals surface area contributed by atoms with Gasteiger partial charge in [-0.2, -0.15) is 0 Å². The standard InChI is InChI=1S/C26H23NO3/c1-28-22-10-4-18(5-11-22)21-16-25(19-6-12-23(29-2)13-7-19)27-26(17-21)20-8-14-24(30-3)15-9-20/h4-17H,1-3H3/p+1. The van der Waals surface area contributed by atoms with Crippen LogP contribution < -0.4 is 19.2 Å². The maximum Gasteiger partial charge on any atom is 0.211 e. The van der Waals surface area contributed by atoms with Gasteiger partial charge in [-0.15, -0.1) is 0 Å². The number of hydrogen-bond acceptors (Lipinski definition) is 3. The van der Waals surface area contributed by atoms with Crippen molar-refractivity contribution >= 4 is 0 Å². The average Bonchev–Trinajstić information content (AvgIpc) is 2.84. The summed E-state index contributed by atoms with van der Waals surface area (Å²) >= 11 is 0. The van der Waals surface area contributed by atoms with Gasteiger partial charge >= 0.3 is 0 Å². The van der Waals surface area contributed by atoms with Gasteiger partial charge in [-0.05, 0) is 71.8 Å². The summed E-state index contributed by atoms with van der Waals surface area (Å²) in [5, 5.41) is 0. The van der Waals surface area contributed by atoms with Crippen LogP contribution in [0.3, 0.4) is 0 Å². The van der Waals surface area contributed by atoms with Gasteiger partial charge < -0.3 is 14.2 Å². The summed E-state index contributed by atoms with van der Waals surface area (Å²) in [6.45, 7) is 0. The van der Waals surface area contributed by atoms with Crippen molar-refractivity contribution < 1.29 is 19.2 Å². The molecule has 1 aromatic heterocycles. The second kappa shape index (κ2) is 8.70. The van der Waals surface area contributed by atoms with Crippen LogP contribution in [0.1, 0.15) is 0 Å². The SMILES string of the molecule is COc1ccc(-c2cc(-c3ccc(OC)cc3)[nH+]c(-c3ccc(OC)cc3)c2)cc1. The van der Waals surface area contributed by atoms with Crippen LogP contribution in [0.5, 0.6) is 17.2 Å². The lowest BCUT2D eigenvalue weighted by molar-refractivity contribution is -0.351. The maximum atomic E-state index is 5.30. The predicted octanol–water partition coefficient (Wildman–Crippen LogP) is 5.53. The first-order chi connectivity index (χ1) is 14.7. The van der Waals surface area contributed by atoms with E-state index < -0.39 is 0 Å². The Hall–Kier alpha value is -3.79. The molecule has 3 aromatic carbocycles. The summed E-state index contributed by atoms with van der Waals surface area (Å²) in [7, 11) is 5.02. The number of methoxy groups -OCH3 is 3. The number of H-pyrrole nitrogens is 1. The Morgan fingerprint density at radius 3 is 1.10 bits per heavy atom. The van der Waals surface area contributed by atoms with Crippen LogP contribution in [0.15, 0.2) is 84.9 Å². The van der Waals surface area contributed by atoms with E-state index in [1.54, 1.807) is 21.3 Å². The predicted molar refractivity (Wildman–Crippen MR) is 119 cm³/mol. The molecule has 0 aliphatic heterocycles. The molecule has 1 N–H and O–H groups in total. The molecular formula is C26H24NO3+. The number of hydrogen-bond donors (Lipinski definition) is 0. The van der Waals surface area contributed by atoms with Crippen LogP contribution in [0.25, 0.3) is 33.6 Å². The van der Waals surface area contributed by atoms with Crippen molar-refractivity contribution in [3.63, 3.8) is 0 Å². The Kier molecular flexibility index (Phi) is 5.66. The van der Waals surface area contributed by atoms with Crippen LogP contribution in [0.4, 0.5) is 0 Å². The van der Waals surface area contributed by atoms with Crippen LogP contribution >= 0.6 is 0 Å². The smallest absolute Gasteiger partial charge is 0.211 e. The summed E-state index contributed by atoms with van der Waals surface area (Å²) in [5.41, 5.74) is 6.46. The lowest BCUT2D eigenvalue weighted by Gasteiger charge is -2.07. The van der Waals surface area contributed by atoms with Crippen molar-refractivity contribution in [2.24, 2.45) is 0 Å². The molecule has 4 rings (SSSR count). The minimum absolute atomic E-state index is 0.834. The highest BCUT2D eigenvalue weighted by molar-refractivity contribution is 5.74. The fourth-order valence-electron chi connectivity index (χ4n) is 3.37. The number of ether oxygens (including phenoxy) is 3. The van der Waals surface area contributed by atoms with Crippen LogP contribution in [0.2, 0.25) is 0 Å². The van der Waals surface area contributed by atoms with Gasteiger partial charge in [0.15, 0.2) is 0 Å². The molecule has 0 radical (unpaired) electrons. The second-order valence-corrected chi connectivity index (χ2v) is 6.88. The molecule has 0 saturated carbocycles. The third kappa shape index (κ3) is 4.13. The van der Waals surface area contributed by atoms with E-state index in [1.807, 2.05) is 36.4 Å². The molecule has 4 aromatic rings. The summed E-state index contributed by atoms with van der Waals surface area (Å²) < 4.78 is 15.9. The molecule has 1 heterocycles. The molecule has 0 saturated heterocycles. The van der Waals surface area contributed by atoms with E-state index in [-0.39, 0.29) is 0 Å². The Labute approximate surface area is 176 Å². The molecule has 0 spiro atoms. The molecule has 0 unspecified atom stereocenters. The van der Waals surface area contributed by atoms with Crippen LogP contribution in [0, 0.1) is 0 Å². The maximum absolute atomic E-state index is 5.30. The van der Waals surface area contributed by atoms with Crippen LogP contribution in [-0.2, 0) is 0 Å². The highest BCUT2D eigenvalue weighted by Crippen LogP contribution is 2.30. The topological polar surface area (TPSA) is 41.8 Å². The Balaban J connectivity index is 1.83. The van der Waals surface area contributed by atoms with E-state index >= 15 is 0 Å². The summed E-state index contributed by atoms with van der Waals surface area (Å²) in [5.74, 6) is 2.51. The highest BCUT2D eigenvalue weighted by Gasteiger charge is 2.15. The van der Waals surface area contributed by atoms with E-state index in [9.17, 15) is 0 Å². The summed E-state index contributed by atoms with van der Waals surface area (Å²) in [4.78, 5) is 3.58. The van der Waals surface area contributed by atoms with Crippen molar-refractivity contribution in [1.82, 2.24) is 0 Å². The Morgan fingerprint density at radius 2 is 0.767 bits per heavy atom.